The molecule has 0 bridgehead atoms. The minimum atomic E-state index is -0.503. The van der Waals surface area contributed by atoms with E-state index >= 15 is 0 Å². The predicted octanol–water partition coefficient (Wildman–Crippen LogP) is 3.37. The predicted molar refractivity (Wildman–Crippen MR) is 104 cm³/mol. The number of anilines is 1. The first-order chi connectivity index (χ1) is 12.9. The van der Waals surface area contributed by atoms with Gasteiger partial charge in [-0.25, -0.2) is 0 Å². The van der Waals surface area contributed by atoms with Crippen molar-refractivity contribution in [3.05, 3.63) is 62.6 Å². The van der Waals surface area contributed by atoms with E-state index in [0.717, 1.165) is 11.3 Å². The number of hydrogen-bond acceptors (Lipinski definition) is 7. The molecule has 0 spiro atoms. The number of hydrogen-bond donors (Lipinski definition) is 1. The summed E-state index contributed by atoms with van der Waals surface area (Å²) in [5.41, 5.74) is 2.26. The van der Waals surface area contributed by atoms with Gasteiger partial charge >= 0.3 is 0 Å². The largest absolute Gasteiger partial charge is 0.324 e. The van der Waals surface area contributed by atoms with E-state index in [9.17, 15) is 14.9 Å². The number of benzene rings is 2. The van der Waals surface area contributed by atoms with Crippen molar-refractivity contribution < 1.29 is 9.72 Å². The van der Waals surface area contributed by atoms with Crippen LogP contribution in [0.5, 0.6) is 0 Å². The summed E-state index contributed by atoms with van der Waals surface area (Å²) in [6.45, 7) is 1.97. The zero-order valence-corrected chi connectivity index (χ0v) is 16.4. The summed E-state index contributed by atoms with van der Waals surface area (Å²) < 4.78 is 1.99. The maximum atomic E-state index is 12.2. The molecule has 0 saturated heterocycles. The van der Waals surface area contributed by atoms with Crippen molar-refractivity contribution in [2.24, 2.45) is 0 Å². The third-order valence-electron chi connectivity index (χ3n) is 3.46. The number of rotatable bonds is 6. The van der Waals surface area contributed by atoms with E-state index in [1.807, 2.05) is 31.2 Å². The maximum absolute atomic E-state index is 12.2. The Morgan fingerprint density at radius 1 is 1.33 bits per heavy atom. The van der Waals surface area contributed by atoms with E-state index in [0.29, 0.717) is 15.3 Å². The first kappa shape index (κ1) is 19.0. The van der Waals surface area contributed by atoms with Crippen LogP contribution in [0.1, 0.15) is 5.56 Å². The molecule has 11 heteroatoms. The van der Waals surface area contributed by atoms with Gasteiger partial charge in [0.25, 0.3) is 5.69 Å². The Morgan fingerprint density at radius 2 is 2.15 bits per heavy atom. The molecule has 3 rings (SSSR count). The third-order valence-corrected chi connectivity index (χ3v) is 5.03. The zero-order chi connectivity index (χ0) is 19.4. The molecule has 0 radical (unpaired) electrons. The molecule has 3 aromatic rings. The molecule has 0 aliphatic rings. The van der Waals surface area contributed by atoms with Crippen molar-refractivity contribution >= 4 is 45.0 Å². The summed E-state index contributed by atoms with van der Waals surface area (Å²) >= 11 is 4.41. The SMILES string of the molecule is Cc1cccc(-n2nnnc2SCC(=O)Nc2ccc([N+](=O)[O-])cc2Br)c1. The van der Waals surface area contributed by atoms with Gasteiger partial charge in [0.2, 0.25) is 11.1 Å². The highest BCUT2D eigenvalue weighted by Crippen LogP contribution is 2.27. The number of amides is 1. The summed E-state index contributed by atoms with van der Waals surface area (Å²) in [4.78, 5) is 22.5. The van der Waals surface area contributed by atoms with Crippen molar-refractivity contribution in [2.75, 3.05) is 11.1 Å². The minimum Gasteiger partial charge on any atom is -0.324 e. The monoisotopic (exact) mass is 448 g/mol. The number of carbonyl (C=O) groups is 1. The number of aromatic nitrogens is 4. The Morgan fingerprint density at radius 3 is 2.85 bits per heavy atom. The van der Waals surface area contributed by atoms with Crippen molar-refractivity contribution in [2.45, 2.75) is 12.1 Å². The van der Waals surface area contributed by atoms with Gasteiger partial charge in [0.15, 0.2) is 0 Å². The van der Waals surface area contributed by atoms with Crippen LogP contribution in [0.4, 0.5) is 11.4 Å². The van der Waals surface area contributed by atoms with Crippen LogP contribution in [0.2, 0.25) is 0 Å². The van der Waals surface area contributed by atoms with Gasteiger partial charge in [0, 0.05) is 16.6 Å². The number of nitro benzene ring substituents is 1. The number of carbonyl (C=O) groups excluding carboxylic acids is 1. The third kappa shape index (κ3) is 4.68. The van der Waals surface area contributed by atoms with Crippen LogP contribution in [0, 0.1) is 17.0 Å². The fourth-order valence-corrected chi connectivity index (χ4v) is 3.38. The molecule has 1 aromatic heterocycles. The molecule has 1 heterocycles. The Balaban J connectivity index is 1.65. The molecule has 0 fully saturated rings. The molecular weight excluding hydrogens is 436 g/mol. The molecule has 2 aromatic carbocycles. The first-order valence-corrected chi connectivity index (χ1v) is 9.44. The summed E-state index contributed by atoms with van der Waals surface area (Å²) in [5, 5.41) is 25.5. The normalized spacial score (nSPS) is 10.6. The average Bonchev–Trinajstić information content (AvgIpc) is 3.10. The Labute approximate surface area is 166 Å². The van der Waals surface area contributed by atoms with E-state index < -0.39 is 4.92 Å². The van der Waals surface area contributed by atoms with Crippen LogP contribution in [0.25, 0.3) is 5.69 Å². The van der Waals surface area contributed by atoms with Crippen molar-refractivity contribution in [3.63, 3.8) is 0 Å². The fourth-order valence-electron chi connectivity index (χ4n) is 2.23. The highest BCUT2D eigenvalue weighted by molar-refractivity contribution is 9.10. The fraction of sp³-hybridized carbons (Fsp3) is 0.125. The summed E-state index contributed by atoms with van der Waals surface area (Å²) in [6, 6.07) is 11.8. The molecule has 9 nitrogen and oxygen atoms in total. The average molecular weight is 449 g/mol. The van der Waals surface area contributed by atoms with Crippen molar-refractivity contribution in [1.29, 1.82) is 0 Å². The van der Waals surface area contributed by atoms with E-state index in [2.05, 4.69) is 36.8 Å². The van der Waals surface area contributed by atoms with Crippen LogP contribution < -0.4 is 5.32 Å². The highest BCUT2D eigenvalue weighted by atomic mass is 79.9. The summed E-state index contributed by atoms with van der Waals surface area (Å²) in [7, 11) is 0. The Bertz CT molecular complexity index is 1010. The van der Waals surface area contributed by atoms with Crippen molar-refractivity contribution in [1.82, 2.24) is 20.2 Å². The lowest BCUT2D eigenvalue weighted by molar-refractivity contribution is -0.384. The molecule has 138 valence electrons. The van der Waals surface area contributed by atoms with Crippen molar-refractivity contribution in [3.8, 4) is 5.69 Å². The Hall–Kier alpha value is -2.79. The molecular formula is C16H13BrN6O3S. The molecule has 0 saturated carbocycles. The van der Waals surface area contributed by atoms with E-state index in [1.54, 1.807) is 4.68 Å². The number of aryl methyl sites for hydroxylation is 1. The van der Waals surface area contributed by atoms with E-state index in [-0.39, 0.29) is 17.3 Å². The van der Waals surface area contributed by atoms with Gasteiger partial charge < -0.3 is 5.32 Å². The number of halogens is 1. The first-order valence-electron chi connectivity index (χ1n) is 7.66. The van der Waals surface area contributed by atoms with Gasteiger partial charge in [0.1, 0.15) is 0 Å². The van der Waals surface area contributed by atoms with E-state index in [4.69, 9.17) is 0 Å². The quantitative estimate of drug-likeness (QED) is 0.349. The lowest BCUT2D eigenvalue weighted by Crippen LogP contribution is -2.15. The standard InChI is InChI=1S/C16H13BrN6O3S/c1-10-3-2-4-11(7-10)22-16(19-20-21-22)27-9-15(24)18-14-6-5-12(23(25)26)8-13(14)17/h2-8H,9H2,1H3,(H,18,24). The number of thioether (sulfide) groups is 1. The lowest BCUT2D eigenvalue weighted by atomic mass is 10.2. The number of tetrazole rings is 1. The number of nitrogens with one attached hydrogen (secondary N) is 1. The molecule has 0 aliphatic carbocycles. The summed E-state index contributed by atoms with van der Waals surface area (Å²) in [5.74, 6) is -0.205. The maximum Gasteiger partial charge on any atom is 0.270 e. The molecule has 1 N–H and O–H groups in total. The van der Waals surface area contributed by atoms with Crippen LogP contribution in [0.15, 0.2) is 52.1 Å². The van der Waals surface area contributed by atoms with Gasteiger partial charge in [-0.1, -0.05) is 23.9 Å². The minimum absolute atomic E-state index is 0.0634. The lowest BCUT2D eigenvalue weighted by Gasteiger charge is -2.07. The van der Waals surface area contributed by atoms with Gasteiger partial charge in [-0.3, -0.25) is 14.9 Å². The molecule has 0 aliphatic heterocycles. The van der Waals surface area contributed by atoms with Crippen LogP contribution in [0.3, 0.4) is 0 Å². The van der Waals surface area contributed by atoms with Gasteiger partial charge in [0.05, 0.1) is 22.1 Å². The summed E-state index contributed by atoms with van der Waals surface area (Å²) in [6.07, 6.45) is 0. The second-order valence-corrected chi connectivity index (χ2v) is 7.27. The Kier molecular flexibility index (Phi) is 5.81. The van der Waals surface area contributed by atoms with Gasteiger partial charge in [-0.05, 0) is 57.0 Å². The smallest absolute Gasteiger partial charge is 0.270 e. The topological polar surface area (TPSA) is 116 Å². The van der Waals surface area contributed by atoms with Gasteiger partial charge in [-0.2, -0.15) is 4.68 Å². The number of nitrogens with zero attached hydrogens (tertiary/aromatic N) is 5. The van der Waals surface area contributed by atoms with Crippen LogP contribution in [-0.2, 0) is 4.79 Å². The molecule has 0 atom stereocenters. The zero-order valence-electron chi connectivity index (χ0n) is 14.0. The number of nitro groups is 1. The second-order valence-electron chi connectivity index (χ2n) is 5.47. The molecule has 0 unspecified atom stereocenters. The number of non-ortho nitro benzene ring substituents is 1. The van der Waals surface area contributed by atoms with E-state index in [1.165, 1.54) is 30.0 Å². The highest BCUT2D eigenvalue weighted by Gasteiger charge is 2.14. The van der Waals surface area contributed by atoms with Crippen LogP contribution in [-0.4, -0.2) is 36.8 Å². The van der Waals surface area contributed by atoms with Crippen LogP contribution >= 0.6 is 27.7 Å². The second kappa shape index (κ2) is 8.27. The molecule has 1 amide bonds. The van der Waals surface area contributed by atoms with Gasteiger partial charge in [-0.15, -0.1) is 5.10 Å². The molecule has 27 heavy (non-hydrogen) atoms.